The van der Waals surface area contributed by atoms with Gasteiger partial charge in [0.1, 0.15) is 5.75 Å². The van der Waals surface area contributed by atoms with E-state index in [0.29, 0.717) is 0 Å². The third kappa shape index (κ3) is 3.35. The van der Waals surface area contributed by atoms with Gasteiger partial charge in [0.25, 0.3) is 0 Å². The Morgan fingerprint density at radius 2 is 1.53 bits per heavy atom. The van der Waals surface area contributed by atoms with Crippen LogP contribution in [0.15, 0.2) is 48.5 Å². The third-order valence-electron chi connectivity index (χ3n) is 2.92. The summed E-state index contributed by atoms with van der Waals surface area (Å²) in [6, 6.07) is 17.0. The molecule has 0 amide bonds. The number of ether oxygens (including phenoxy) is 1. The lowest BCUT2D eigenvalue weighted by atomic mass is 10.0. The first-order valence-corrected chi connectivity index (χ1v) is 5.96. The van der Waals surface area contributed by atoms with Gasteiger partial charge in [-0.2, -0.15) is 0 Å². The Morgan fingerprint density at radius 3 is 2.18 bits per heavy atom. The van der Waals surface area contributed by atoms with Crippen molar-refractivity contribution < 1.29 is 4.74 Å². The van der Waals surface area contributed by atoms with Gasteiger partial charge in [-0.25, -0.2) is 0 Å². The highest BCUT2D eigenvalue weighted by atomic mass is 16.5. The molecule has 2 aromatic rings. The largest absolute Gasteiger partial charge is 0.497 e. The van der Waals surface area contributed by atoms with Crippen molar-refractivity contribution in [3.8, 4) is 5.75 Å². The second kappa shape index (κ2) is 5.53. The van der Waals surface area contributed by atoms with Crippen molar-refractivity contribution in [3.63, 3.8) is 0 Å². The van der Waals surface area contributed by atoms with Gasteiger partial charge in [-0.1, -0.05) is 42.0 Å². The van der Waals surface area contributed by atoms with E-state index < -0.39 is 0 Å². The summed E-state index contributed by atoms with van der Waals surface area (Å²) in [6.45, 7) is 2.13. The average Bonchev–Trinajstić information content (AvgIpc) is 2.37. The van der Waals surface area contributed by atoms with E-state index in [1.165, 1.54) is 16.7 Å². The topological polar surface area (TPSA) is 9.23 Å². The summed E-state index contributed by atoms with van der Waals surface area (Å²) in [5, 5.41) is 0. The van der Waals surface area contributed by atoms with Gasteiger partial charge in [-0.05, 0) is 43.0 Å². The lowest BCUT2D eigenvalue weighted by Gasteiger charge is -2.05. The molecule has 0 aliphatic rings. The van der Waals surface area contributed by atoms with Crippen molar-refractivity contribution in [2.75, 3.05) is 7.11 Å². The molecule has 0 saturated heterocycles. The zero-order valence-corrected chi connectivity index (χ0v) is 10.4. The minimum Gasteiger partial charge on any atom is -0.497 e. The maximum Gasteiger partial charge on any atom is 0.119 e. The fourth-order valence-electron chi connectivity index (χ4n) is 1.98. The highest BCUT2D eigenvalue weighted by molar-refractivity contribution is 5.30. The summed E-state index contributed by atoms with van der Waals surface area (Å²) in [4.78, 5) is 0. The quantitative estimate of drug-likeness (QED) is 0.770. The van der Waals surface area contributed by atoms with Crippen molar-refractivity contribution in [2.24, 2.45) is 0 Å². The molecule has 0 radical (unpaired) electrons. The van der Waals surface area contributed by atoms with Crippen LogP contribution in [0.3, 0.4) is 0 Å². The number of hydrogen-bond acceptors (Lipinski definition) is 1. The Balaban J connectivity index is 2.02. The molecular formula is C16H18O. The monoisotopic (exact) mass is 226 g/mol. The first-order valence-electron chi connectivity index (χ1n) is 5.96. The van der Waals surface area contributed by atoms with Crippen molar-refractivity contribution in [1.82, 2.24) is 0 Å². The molecule has 0 aromatic heterocycles. The van der Waals surface area contributed by atoms with Crippen LogP contribution in [0.2, 0.25) is 0 Å². The molecule has 2 rings (SSSR count). The van der Waals surface area contributed by atoms with Gasteiger partial charge >= 0.3 is 0 Å². The average molecular weight is 226 g/mol. The first kappa shape index (κ1) is 11.7. The number of benzene rings is 2. The van der Waals surface area contributed by atoms with Crippen LogP contribution in [-0.2, 0) is 12.8 Å². The van der Waals surface area contributed by atoms with Crippen LogP contribution in [0.25, 0.3) is 0 Å². The minimum atomic E-state index is 0.937. The minimum absolute atomic E-state index is 0.937. The standard InChI is InChI=1S/C16H18O/c1-13-5-3-6-14(11-13)9-10-15-7-4-8-16(12-15)17-2/h3-8,11-12H,9-10H2,1-2H3. The van der Waals surface area contributed by atoms with Gasteiger partial charge in [-0.15, -0.1) is 0 Å². The molecular weight excluding hydrogens is 208 g/mol. The molecule has 0 spiro atoms. The van der Waals surface area contributed by atoms with Crippen LogP contribution >= 0.6 is 0 Å². The van der Waals surface area contributed by atoms with Gasteiger partial charge < -0.3 is 4.74 Å². The predicted octanol–water partition coefficient (Wildman–Crippen LogP) is 3.79. The molecule has 0 bridgehead atoms. The first-order chi connectivity index (χ1) is 8.28. The van der Waals surface area contributed by atoms with Gasteiger partial charge in [0.05, 0.1) is 7.11 Å². The normalized spacial score (nSPS) is 10.2. The molecule has 1 heteroatoms. The SMILES string of the molecule is COc1cccc(CCc2cccc(C)c2)c1. The molecule has 0 unspecified atom stereocenters. The van der Waals surface area contributed by atoms with Gasteiger partial charge in [0.15, 0.2) is 0 Å². The summed E-state index contributed by atoms with van der Waals surface area (Å²) in [5.41, 5.74) is 4.05. The van der Waals surface area contributed by atoms with E-state index in [-0.39, 0.29) is 0 Å². The van der Waals surface area contributed by atoms with Crippen LogP contribution in [-0.4, -0.2) is 7.11 Å². The fourth-order valence-corrected chi connectivity index (χ4v) is 1.98. The molecule has 0 aliphatic heterocycles. The molecule has 0 atom stereocenters. The molecule has 1 nitrogen and oxygen atoms in total. The zero-order valence-electron chi connectivity index (χ0n) is 10.4. The van der Waals surface area contributed by atoms with Crippen LogP contribution in [0.1, 0.15) is 16.7 Å². The van der Waals surface area contributed by atoms with E-state index in [0.717, 1.165) is 18.6 Å². The highest BCUT2D eigenvalue weighted by Crippen LogP contribution is 2.15. The Morgan fingerprint density at radius 1 is 0.882 bits per heavy atom. The summed E-state index contributed by atoms with van der Waals surface area (Å²) < 4.78 is 5.23. The lowest BCUT2D eigenvalue weighted by Crippen LogP contribution is -1.92. The van der Waals surface area contributed by atoms with Crippen LogP contribution in [0.4, 0.5) is 0 Å². The van der Waals surface area contributed by atoms with Crippen LogP contribution in [0, 0.1) is 6.92 Å². The second-order valence-corrected chi connectivity index (χ2v) is 4.34. The highest BCUT2D eigenvalue weighted by Gasteiger charge is 1.98. The molecule has 88 valence electrons. The van der Waals surface area contributed by atoms with Crippen molar-refractivity contribution in [2.45, 2.75) is 19.8 Å². The molecule has 17 heavy (non-hydrogen) atoms. The van der Waals surface area contributed by atoms with E-state index in [4.69, 9.17) is 4.74 Å². The summed E-state index contributed by atoms with van der Waals surface area (Å²) in [6.07, 6.45) is 2.13. The maximum atomic E-state index is 5.23. The number of rotatable bonds is 4. The summed E-state index contributed by atoms with van der Waals surface area (Å²) in [7, 11) is 1.71. The third-order valence-corrected chi connectivity index (χ3v) is 2.92. The van der Waals surface area contributed by atoms with Gasteiger partial charge in [0, 0.05) is 0 Å². The number of hydrogen-bond donors (Lipinski definition) is 0. The van der Waals surface area contributed by atoms with Crippen LogP contribution in [0.5, 0.6) is 5.75 Å². The van der Waals surface area contributed by atoms with E-state index in [1.54, 1.807) is 7.11 Å². The molecule has 0 saturated carbocycles. The Hall–Kier alpha value is -1.76. The van der Waals surface area contributed by atoms with E-state index >= 15 is 0 Å². The molecule has 0 fully saturated rings. The summed E-state index contributed by atoms with van der Waals surface area (Å²) >= 11 is 0. The van der Waals surface area contributed by atoms with Gasteiger partial charge in [-0.3, -0.25) is 0 Å². The fraction of sp³-hybridized carbons (Fsp3) is 0.250. The lowest BCUT2D eigenvalue weighted by molar-refractivity contribution is 0.414. The van der Waals surface area contributed by atoms with Crippen LogP contribution < -0.4 is 4.74 Å². The Bertz CT molecular complexity index is 488. The van der Waals surface area contributed by atoms with E-state index in [2.05, 4.69) is 43.3 Å². The van der Waals surface area contributed by atoms with Gasteiger partial charge in [0.2, 0.25) is 0 Å². The number of methoxy groups -OCH3 is 1. The molecule has 0 heterocycles. The summed E-state index contributed by atoms with van der Waals surface area (Å²) in [5.74, 6) is 0.937. The maximum absolute atomic E-state index is 5.23. The van der Waals surface area contributed by atoms with Crippen molar-refractivity contribution in [1.29, 1.82) is 0 Å². The zero-order chi connectivity index (χ0) is 12.1. The molecule has 0 N–H and O–H groups in total. The molecule has 0 aliphatic carbocycles. The van der Waals surface area contributed by atoms with Crippen molar-refractivity contribution >= 4 is 0 Å². The van der Waals surface area contributed by atoms with E-state index in [1.807, 2.05) is 12.1 Å². The molecule has 2 aromatic carbocycles. The Kier molecular flexibility index (Phi) is 3.81. The van der Waals surface area contributed by atoms with E-state index in [9.17, 15) is 0 Å². The van der Waals surface area contributed by atoms with Crippen molar-refractivity contribution in [3.05, 3.63) is 65.2 Å². The smallest absolute Gasteiger partial charge is 0.119 e. The predicted molar refractivity (Wildman–Crippen MR) is 71.6 cm³/mol. The number of aryl methyl sites for hydroxylation is 3. The second-order valence-electron chi connectivity index (χ2n) is 4.34. The Labute approximate surface area is 103 Å².